The number of hydrogen-bond acceptors (Lipinski definition) is 5. The van der Waals surface area contributed by atoms with Crippen LogP contribution in [0.2, 0.25) is 0 Å². The monoisotopic (exact) mass is 277 g/mol. The second kappa shape index (κ2) is 5.75. The quantitative estimate of drug-likeness (QED) is 0.933. The summed E-state index contributed by atoms with van der Waals surface area (Å²) in [7, 11) is 1.74. The number of amides is 2. The van der Waals surface area contributed by atoms with E-state index in [2.05, 4.69) is 19.7 Å². The number of carbonyl (C=O) groups is 1. The number of pyridine rings is 1. The van der Waals surface area contributed by atoms with Gasteiger partial charge in [-0.1, -0.05) is 0 Å². The Morgan fingerprint density at radius 3 is 2.89 bits per heavy atom. The molecule has 2 aromatic heterocycles. The molecule has 0 saturated carbocycles. The summed E-state index contributed by atoms with van der Waals surface area (Å²) in [5.41, 5.74) is 1.98. The number of anilines is 1. The minimum Gasteiger partial charge on any atom is -0.323 e. The molecule has 2 heterocycles. The Hall–Kier alpha value is -2.02. The minimum absolute atomic E-state index is 0.203. The van der Waals surface area contributed by atoms with Gasteiger partial charge in [0.15, 0.2) is 0 Å². The molecule has 0 bridgehead atoms. The van der Waals surface area contributed by atoms with Crippen LogP contribution in [0.3, 0.4) is 0 Å². The largest absolute Gasteiger partial charge is 0.323 e. The second-order valence-corrected chi connectivity index (χ2v) is 4.99. The van der Waals surface area contributed by atoms with Crippen molar-refractivity contribution in [1.82, 2.24) is 19.2 Å². The molecule has 1 N–H and O–H groups in total. The Kier molecular flexibility index (Phi) is 4.06. The van der Waals surface area contributed by atoms with Crippen LogP contribution in [0.25, 0.3) is 0 Å². The lowest BCUT2D eigenvalue weighted by Crippen LogP contribution is -2.30. The summed E-state index contributed by atoms with van der Waals surface area (Å²) in [4.78, 5) is 21.8. The molecule has 0 aliphatic heterocycles. The van der Waals surface area contributed by atoms with Gasteiger partial charge in [0.2, 0.25) is 5.13 Å². The van der Waals surface area contributed by atoms with E-state index >= 15 is 0 Å². The third-order valence-electron chi connectivity index (χ3n) is 2.47. The van der Waals surface area contributed by atoms with Crippen LogP contribution in [-0.4, -0.2) is 32.3 Å². The fourth-order valence-corrected chi connectivity index (χ4v) is 2.15. The molecule has 0 aromatic carbocycles. The van der Waals surface area contributed by atoms with Gasteiger partial charge in [-0.05, 0) is 31.5 Å². The van der Waals surface area contributed by atoms with Gasteiger partial charge < -0.3 is 4.90 Å². The first kappa shape index (κ1) is 13.4. The molecule has 0 unspecified atom stereocenters. The van der Waals surface area contributed by atoms with Crippen molar-refractivity contribution in [3.8, 4) is 0 Å². The van der Waals surface area contributed by atoms with Crippen LogP contribution >= 0.6 is 11.5 Å². The number of hydrogen-bond donors (Lipinski definition) is 1. The predicted molar refractivity (Wildman–Crippen MR) is 74.1 cm³/mol. The molecule has 0 radical (unpaired) electrons. The summed E-state index contributed by atoms with van der Waals surface area (Å²) < 4.78 is 4.01. The highest BCUT2D eigenvalue weighted by molar-refractivity contribution is 7.09. The van der Waals surface area contributed by atoms with Gasteiger partial charge in [-0.2, -0.15) is 4.37 Å². The number of nitrogens with zero attached hydrogens (tertiary/aromatic N) is 4. The van der Waals surface area contributed by atoms with Gasteiger partial charge in [-0.25, -0.2) is 9.78 Å². The third-order valence-corrected chi connectivity index (χ3v) is 3.19. The zero-order valence-electron chi connectivity index (χ0n) is 11.0. The molecule has 19 heavy (non-hydrogen) atoms. The standard InChI is InChI=1S/C12H15N5OS/c1-8-6-10(4-5-13-8)7-17(3)12(18)15-11-14-9(2)16-19-11/h4-6H,7H2,1-3H3,(H,14,15,16,18). The van der Waals surface area contributed by atoms with E-state index in [-0.39, 0.29) is 6.03 Å². The van der Waals surface area contributed by atoms with E-state index in [0.29, 0.717) is 17.5 Å². The van der Waals surface area contributed by atoms with Gasteiger partial charge in [0, 0.05) is 37.0 Å². The molecular weight excluding hydrogens is 262 g/mol. The zero-order chi connectivity index (χ0) is 13.8. The summed E-state index contributed by atoms with van der Waals surface area (Å²) in [6.45, 7) is 4.23. The molecule has 2 rings (SSSR count). The van der Waals surface area contributed by atoms with Gasteiger partial charge in [-0.15, -0.1) is 0 Å². The van der Waals surface area contributed by atoms with E-state index in [9.17, 15) is 4.79 Å². The van der Waals surface area contributed by atoms with E-state index in [1.807, 2.05) is 19.1 Å². The van der Waals surface area contributed by atoms with Crippen molar-refractivity contribution < 1.29 is 4.79 Å². The lowest BCUT2D eigenvalue weighted by Gasteiger charge is -2.17. The Labute approximate surface area is 115 Å². The van der Waals surface area contributed by atoms with Crippen molar-refractivity contribution in [2.24, 2.45) is 0 Å². The second-order valence-electron chi connectivity index (χ2n) is 4.24. The van der Waals surface area contributed by atoms with Crippen LogP contribution < -0.4 is 5.32 Å². The van der Waals surface area contributed by atoms with E-state index in [1.165, 1.54) is 11.5 Å². The Bertz CT molecular complexity index is 583. The van der Waals surface area contributed by atoms with Crippen LogP contribution in [0.1, 0.15) is 17.1 Å². The zero-order valence-corrected chi connectivity index (χ0v) is 11.9. The van der Waals surface area contributed by atoms with Crippen molar-refractivity contribution in [2.45, 2.75) is 20.4 Å². The van der Waals surface area contributed by atoms with Crippen molar-refractivity contribution in [2.75, 3.05) is 12.4 Å². The number of aryl methyl sites for hydroxylation is 2. The van der Waals surface area contributed by atoms with Crippen molar-refractivity contribution in [3.05, 3.63) is 35.4 Å². The molecular formula is C12H15N5OS. The van der Waals surface area contributed by atoms with Crippen LogP contribution in [0.5, 0.6) is 0 Å². The van der Waals surface area contributed by atoms with E-state index in [1.54, 1.807) is 25.1 Å². The van der Waals surface area contributed by atoms with Gasteiger partial charge in [0.25, 0.3) is 0 Å². The minimum atomic E-state index is -0.203. The topological polar surface area (TPSA) is 71.0 Å². The molecule has 7 heteroatoms. The average molecular weight is 277 g/mol. The predicted octanol–water partition coefficient (Wildman–Crippen LogP) is 2.21. The molecule has 0 atom stereocenters. The summed E-state index contributed by atoms with van der Waals surface area (Å²) in [5, 5.41) is 3.23. The van der Waals surface area contributed by atoms with Crippen molar-refractivity contribution >= 4 is 22.7 Å². The van der Waals surface area contributed by atoms with E-state index in [0.717, 1.165) is 11.3 Å². The maximum Gasteiger partial charge on any atom is 0.323 e. The molecule has 6 nitrogen and oxygen atoms in total. The smallest absolute Gasteiger partial charge is 0.323 e. The van der Waals surface area contributed by atoms with E-state index < -0.39 is 0 Å². The van der Waals surface area contributed by atoms with E-state index in [4.69, 9.17) is 0 Å². The molecule has 100 valence electrons. The third kappa shape index (κ3) is 3.72. The Morgan fingerprint density at radius 1 is 1.47 bits per heavy atom. The lowest BCUT2D eigenvalue weighted by molar-refractivity contribution is 0.220. The Balaban J connectivity index is 1.96. The molecule has 0 saturated heterocycles. The summed E-state index contributed by atoms with van der Waals surface area (Å²) in [5.74, 6) is 0.660. The maximum atomic E-state index is 11.9. The lowest BCUT2D eigenvalue weighted by atomic mass is 10.2. The first-order chi connectivity index (χ1) is 9.04. The molecule has 2 aromatic rings. The summed E-state index contributed by atoms with van der Waals surface area (Å²) in [6.07, 6.45) is 1.74. The number of rotatable bonds is 3. The van der Waals surface area contributed by atoms with Gasteiger partial charge in [-0.3, -0.25) is 10.3 Å². The van der Waals surface area contributed by atoms with Crippen LogP contribution in [0, 0.1) is 13.8 Å². The number of carbonyl (C=O) groups excluding carboxylic acids is 1. The summed E-state index contributed by atoms with van der Waals surface area (Å²) >= 11 is 1.17. The van der Waals surface area contributed by atoms with Crippen molar-refractivity contribution in [1.29, 1.82) is 0 Å². The first-order valence-corrected chi connectivity index (χ1v) is 6.56. The summed E-state index contributed by atoms with van der Waals surface area (Å²) in [6, 6.07) is 3.65. The molecule has 2 amide bonds. The highest BCUT2D eigenvalue weighted by Crippen LogP contribution is 2.11. The Morgan fingerprint density at radius 2 is 2.26 bits per heavy atom. The van der Waals surface area contributed by atoms with Crippen LogP contribution in [0.4, 0.5) is 9.93 Å². The SMILES string of the molecule is Cc1cc(CN(C)C(=O)Nc2nc(C)ns2)ccn1. The fourth-order valence-electron chi connectivity index (χ4n) is 1.58. The number of urea groups is 1. The highest BCUT2D eigenvalue weighted by Gasteiger charge is 2.11. The number of nitrogens with one attached hydrogen (secondary N) is 1. The molecule has 0 aliphatic rings. The van der Waals surface area contributed by atoms with Crippen LogP contribution in [-0.2, 0) is 6.54 Å². The van der Waals surface area contributed by atoms with Crippen molar-refractivity contribution in [3.63, 3.8) is 0 Å². The number of aromatic nitrogens is 3. The molecule has 0 aliphatic carbocycles. The fraction of sp³-hybridized carbons (Fsp3) is 0.333. The highest BCUT2D eigenvalue weighted by atomic mass is 32.1. The maximum absolute atomic E-state index is 11.9. The molecule has 0 spiro atoms. The van der Waals surface area contributed by atoms with Gasteiger partial charge in [0.1, 0.15) is 5.82 Å². The average Bonchev–Trinajstić information content (AvgIpc) is 2.74. The molecule has 0 fully saturated rings. The first-order valence-electron chi connectivity index (χ1n) is 5.78. The van der Waals surface area contributed by atoms with Gasteiger partial charge >= 0.3 is 6.03 Å². The normalized spacial score (nSPS) is 10.3. The van der Waals surface area contributed by atoms with Crippen LogP contribution in [0.15, 0.2) is 18.3 Å². The van der Waals surface area contributed by atoms with Gasteiger partial charge in [0.05, 0.1) is 0 Å².